The number of aryl methyl sites for hydroxylation is 2. The van der Waals surface area contributed by atoms with Crippen LogP contribution in [0, 0.1) is 13.8 Å². The lowest BCUT2D eigenvalue weighted by Crippen LogP contribution is -2.37. The second-order valence-electron chi connectivity index (χ2n) is 6.35. The maximum absolute atomic E-state index is 12.6. The molecule has 0 spiro atoms. The summed E-state index contributed by atoms with van der Waals surface area (Å²) in [5.74, 6) is 0.0528. The number of carbonyl (C=O) groups is 1. The summed E-state index contributed by atoms with van der Waals surface area (Å²) in [4.78, 5) is 33.4. The second-order valence-corrected chi connectivity index (χ2v) is 6.35. The largest absolute Gasteiger partial charge is 0.314 e. The molecule has 2 aromatic rings. The standard InChI is InChI=1S/C17H22N4O2.2ClH/c1-11-7-12(2)20-16-15(11)19-10-21(17(16)23)9-14(22)8-13-5-3-4-6-18-13;;/h7,10,13,18H,3-6,8-9H2,1-2H3;2*1H. The van der Waals surface area contributed by atoms with Crippen molar-refractivity contribution >= 4 is 41.6 Å². The van der Waals surface area contributed by atoms with Crippen molar-refractivity contribution in [2.75, 3.05) is 6.54 Å². The zero-order valence-electron chi connectivity index (χ0n) is 14.4. The number of nitrogens with one attached hydrogen (secondary N) is 1. The molecular formula is C17H24Cl2N4O2. The first-order valence-corrected chi connectivity index (χ1v) is 8.13. The van der Waals surface area contributed by atoms with Crippen LogP contribution in [0.1, 0.15) is 36.9 Å². The Morgan fingerprint density at radius 2 is 2.04 bits per heavy atom. The van der Waals surface area contributed by atoms with Crippen molar-refractivity contribution in [2.24, 2.45) is 0 Å². The normalized spacial score (nSPS) is 16.8. The van der Waals surface area contributed by atoms with E-state index in [1.807, 2.05) is 19.9 Å². The number of aromatic nitrogens is 3. The molecular weight excluding hydrogens is 363 g/mol. The van der Waals surface area contributed by atoms with Crippen molar-refractivity contribution in [2.45, 2.75) is 52.1 Å². The molecule has 0 radical (unpaired) electrons. The van der Waals surface area contributed by atoms with E-state index in [0.717, 1.165) is 30.6 Å². The lowest BCUT2D eigenvalue weighted by atomic mass is 10.00. The smallest absolute Gasteiger partial charge is 0.280 e. The Morgan fingerprint density at radius 1 is 1.28 bits per heavy atom. The number of rotatable bonds is 4. The first-order valence-electron chi connectivity index (χ1n) is 8.13. The lowest BCUT2D eigenvalue weighted by molar-refractivity contribution is -0.120. The van der Waals surface area contributed by atoms with Crippen LogP contribution in [-0.2, 0) is 11.3 Å². The van der Waals surface area contributed by atoms with E-state index in [1.54, 1.807) is 0 Å². The maximum Gasteiger partial charge on any atom is 0.280 e. The number of Topliss-reactive ketones (excluding diaryl/α,β-unsaturated/α-hetero) is 1. The minimum absolute atomic E-state index is 0. The van der Waals surface area contributed by atoms with Gasteiger partial charge in [0.2, 0.25) is 0 Å². The summed E-state index contributed by atoms with van der Waals surface area (Å²) in [5.41, 5.74) is 2.41. The average Bonchev–Trinajstić information content (AvgIpc) is 2.51. The Labute approximate surface area is 159 Å². The van der Waals surface area contributed by atoms with Gasteiger partial charge in [-0.2, -0.15) is 0 Å². The predicted molar refractivity (Wildman–Crippen MR) is 103 cm³/mol. The van der Waals surface area contributed by atoms with E-state index < -0.39 is 0 Å². The summed E-state index contributed by atoms with van der Waals surface area (Å²) in [5, 5.41) is 3.36. The quantitative estimate of drug-likeness (QED) is 0.872. The number of nitrogens with zero attached hydrogens (tertiary/aromatic N) is 3. The third-order valence-corrected chi connectivity index (χ3v) is 4.33. The van der Waals surface area contributed by atoms with Crippen molar-refractivity contribution in [3.63, 3.8) is 0 Å². The van der Waals surface area contributed by atoms with Crippen LogP contribution in [0.15, 0.2) is 17.2 Å². The van der Waals surface area contributed by atoms with E-state index >= 15 is 0 Å². The van der Waals surface area contributed by atoms with Crippen LogP contribution in [0.3, 0.4) is 0 Å². The van der Waals surface area contributed by atoms with E-state index in [4.69, 9.17) is 0 Å². The van der Waals surface area contributed by atoms with E-state index in [2.05, 4.69) is 15.3 Å². The van der Waals surface area contributed by atoms with Crippen LogP contribution in [0.2, 0.25) is 0 Å². The molecule has 1 N–H and O–H groups in total. The Bertz CT molecular complexity index is 801. The fourth-order valence-corrected chi connectivity index (χ4v) is 3.20. The van der Waals surface area contributed by atoms with Crippen LogP contribution < -0.4 is 10.9 Å². The summed E-state index contributed by atoms with van der Waals surface area (Å²) in [7, 11) is 0. The van der Waals surface area contributed by atoms with E-state index in [-0.39, 0.29) is 48.7 Å². The highest BCUT2D eigenvalue weighted by Crippen LogP contribution is 2.13. The fourth-order valence-electron chi connectivity index (χ4n) is 3.20. The molecule has 1 aliphatic rings. The summed E-state index contributed by atoms with van der Waals surface area (Å²) >= 11 is 0. The van der Waals surface area contributed by atoms with Gasteiger partial charge in [-0.05, 0) is 44.9 Å². The molecule has 6 nitrogen and oxygen atoms in total. The van der Waals surface area contributed by atoms with Gasteiger partial charge < -0.3 is 5.32 Å². The number of piperidine rings is 1. The maximum atomic E-state index is 12.6. The highest BCUT2D eigenvalue weighted by Gasteiger charge is 2.17. The van der Waals surface area contributed by atoms with Gasteiger partial charge in [-0.3, -0.25) is 14.2 Å². The van der Waals surface area contributed by atoms with Crippen molar-refractivity contribution in [1.82, 2.24) is 19.9 Å². The van der Waals surface area contributed by atoms with Gasteiger partial charge >= 0.3 is 0 Å². The zero-order chi connectivity index (χ0) is 16.4. The molecule has 1 saturated heterocycles. The van der Waals surface area contributed by atoms with Gasteiger partial charge in [-0.1, -0.05) is 6.42 Å². The van der Waals surface area contributed by atoms with Gasteiger partial charge in [0.1, 0.15) is 0 Å². The van der Waals surface area contributed by atoms with Gasteiger partial charge in [0.05, 0.1) is 18.4 Å². The molecule has 0 aromatic carbocycles. The SMILES string of the molecule is Cc1cc(C)c2ncn(CC(=O)CC3CCCCN3)c(=O)c2n1.Cl.Cl. The summed E-state index contributed by atoms with van der Waals surface area (Å²) in [6, 6.07) is 2.14. The number of ketones is 1. The number of fused-ring (bicyclic) bond motifs is 1. The van der Waals surface area contributed by atoms with Gasteiger partial charge in [0, 0.05) is 18.2 Å². The molecule has 1 fully saturated rings. The molecule has 0 amide bonds. The molecule has 3 rings (SSSR count). The topological polar surface area (TPSA) is 76.9 Å². The lowest BCUT2D eigenvalue weighted by Gasteiger charge is -2.22. The molecule has 25 heavy (non-hydrogen) atoms. The molecule has 8 heteroatoms. The number of hydrogen-bond acceptors (Lipinski definition) is 5. The van der Waals surface area contributed by atoms with Crippen LogP contribution >= 0.6 is 24.8 Å². The number of hydrogen-bond donors (Lipinski definition) is 1. The van der Waals surface area contributed by atoms with Crippen molar-refractivity contribution in [3.05, 3.63) is 34.0 Å². The molecule has 1 aliphatic heterocycles. The highest BCUT2D eigenvalue weighted by molar-refractivity contribution is 5.85. The minimum Gasteiger partial charge on any atom is -0.314 e. The number of pyridine rings is 1. The van der Waals surface area contributed by atoms with Crippen LogP contribution in [0.4, 0.5) is 0 Å². The molecule has 1 atom stereocenters. The van der Waals surface area contributed by atoms with Gasteiger partial charge in [0.15, 0.2) is 11.3 Å². The van der Waals surface area contributed by atoms with Gasteiger partial charge in [-0.25, -0.2) is 9.97 Å². The molecule has 0 saturated carbocycles. The molecule has 2 aromatic heterocycles. The van der Waals surface area contributed by atoms with E-state index in [9.17, 15) is 9.59 Å². The molecule has 1 unspecified atom stereocenters. The van der Waals surface area contributed by atoms with Gasteiger partial charge in [-0.15, -0.1) is 24.8 Å². The summed E-state index contributed by atoms with van der Waals surface area (Å²) in [6.07, 6.45) is 5.27. The summed E-state index contributed by atoms with van der Waals surface area (Å²) in [6.45, 7) is 4.79. The average molecular weight is 387 g/mol. The fraction of sp³-hybridized carbons (Fsp3) is 0.529. The molecule has 0 bridgehead atoms. The highest BCUT2D eigenvalue weighted by atomic mass is 35.5. The third kappa shape index (κ3) is 5.00. The Balaban J connectivity index is 0.00000156. The second kappa shape index (κ2) is 9.27. The number of carbonyl (C=O) groups excluding carboxylic acids is 1. The molecule has 0 aliphatic carbocycles. The van der Waals surface area contributed by atoms with Crippen LogP contribution in [0.25, 0.3) is 11.0 Å². The third-order valence-electron chi connectivity index (χ3n) is 4.33. The first-order chi connectivity index (χ1) is 11.0. The Hall–Kier alpha value is -1.50. The van der Waals surface area contributed by atoms with Crippen molar-refractivity contribution < 1.29 is 4.79 Å². The molecule has 3 heterocycles. The Morgan fingerprint density at radius 3 is 2.72 bits per heavy atom. The van der Waals surface area contributed by atoms with Crippen molar-refractivity contribution in [1.29, 1.82) is 0 Å². The monoisotopic (exact) mass is 386 g/mol. The van der Waals surface area contributed by atoms with Crippen LogP contribution in [-0.4, -0.2) is 32.9 Å². The minimum atomic E-state index is -0.244. The van der Waals surface area contributed by atoms with E-state index in [1.165, 1.54) is 17.3 Å². The summed E-state index contributed by atoms with van der Waals surface area (Å²) < 4.78 is 1.37. The van der Waals surface area contributed by atoms with Crippen LogP contribution in [0.5, 0.6) is 0 Å². The van der Waals surface area contributed by atoms with Crippen molar-refractivity contribution in [3.8, 4) is 0 Å². The molecule has 138 valence electrons. The number of halogens is 2. The zero-order valence-corrected chi connectivity index (χ0v) is 16.1. The Kier molecular flexibility index (Phi) is 7.99. The van der Waals surface area contributed by atoms with Gasteiger partial charge in [0.25, 0.3) is 5.56 Å². The van der Waals surface area contributed by atoms with E-state index in [0.29, 0.717) is 17.5 Å². The predicted octanol–water partition coefficient (Wildman–Crippen LogP) is 2.35. The first kappa shape index (κ1) is 21.5.